The first kappa shape index (κ1) is 22.1. The summed E-state index contributed by atoms with van der Waals surface area (Å²) >= 11 is 13.2. The second-order valence-electron chi connectivity index (χ2n) is 6.29. The highest BCUT2D eigenvalue weighted by Gasteiger charge is 2.30. The average Bonchev–Trinajstić information content (AvgIpc) is 2.74. The standard InChI is InChI=1S/C20H18Cl2N4O3S/c1-11(12-3-6-14(29-2)7-4-12)25-26-20-24-18(27)10-17(30-20)19(28)23-16-9-13(21)5-8-15(16)22/h3-9,17H,10H2,1-2H3,(H,23,28)(H,24,26,27)/b25-11-/t17-/m0/s1. The van der Waals surface area contributed by atoms with Gasteiger partial charge in [0.05, 0.1) is 23.5 Å². The van der Waals surface area contributed by atoms with Crippen LogP contribution in [-0.2, 0) is 9.59 Å². The van der Waals surface area contributed by atoms with Crippen LogP contribution in [0.5, 0.6) is 5.75 Å². The van der Waals surface area contributed by atoms with Gasteiger partial charge in [-0.2, -0.15) is 5.10 Å². The summed E-state index contributed by atoms with van der Waals surface area (Å²) < 4.78 is 5.13. The molecule has 1 atom stereocenters. The third-order valence-corrected chi connectivity index (χ3v) is 5.79. The van der Waals surface area contributed by atoms with Crippen molar-refractivity contribution in [2.45, 2.75) is 18.6 Å². The van der Waals surface area contributed by atoms with Crippen LogP contribution in [0.3, 0.4) is 0 Å². The molecule has 0 saturated carbocycles. The number of nitrogens with zero attached hydrogens (tertiary/aromatic N) is 2. The van der Waals surface area contributed by atoms with E-state index in [1.807, 2.05) is 24.3 Å². The number of hydrogen-bond acceptors (Lipinski definition) is 6. The molecule has 0 bridgehead atoms. The molecule has 0 aromatic heterocycles. The highest BCUT2D eigenvalue weighted by molar-refractivity contribution is 8.15. The lowest BCUT2D eigenvalue weighted by atomic mass is 10.1. The van der Waals surface area contributed by atoms with Gasteiger partial charge in [0.1, 0.15) is 11.0 Å². The van der Waals surface area contributed by atoms with Gasteiger partial charge in [-0.1, -0.05) is 35.0 Å². The summed E-state index contributed by atoms with van der Waals surface area (Å²) in [7, 11) is 1.60. The van der Waals surface area contributed by atoms with Gasteiger partial charge < -0.3 is 15.4 Å². The Balaban J connectivity index is 1.71. The van der Waals surface area contributed by atoms with E-state index in [1.54, 1.807) is 32.2 Å². The number of benzene rings is 2. The van der Waals surface area contributed by atoms with Crippen molar-refractivity contribution < 1.29 is 14.3 Å². The zero-order valence-corrected chi connectivity index (χ0v) is 18.4. The molecule has 7 nitrogen and oxygen atoms in total. The van der Waals surface area contributed by atoms with Gasteiger partial charge in [0.25, 0.3) is 0 Å². The van der Waals surface area contributed by atoms with Gasteiger partial charge in [-0.05, 0) is 55.0 Å². The van der Waals surface area contributed by atoms with Crippen LogP contribution in [0.25, 0.3) is 0 Å². The largest absolute Gasteiger partial charge is 0.497 e. The first-order chi connectivity index (χ1) is 14.4. The quantitative estimate of drug-likeness (QED) is 0.508. The van der Waals surface area contributed by atoms with Crippen molar-refractivity contribution in [3.05, 3.63) is 58.1 Å². The summed E-state index contributed by atoms with van der Waals surface area (Å²) in [6.07, 6.45) is 0.00881. The van der Waals surface area contributed by atoms with Crippen LogP contribution in [0.4, 0.5) is 5.69 Å². The van der Waals surface area contributed by atoms with Crippen molar-refractivity contribution in [3.63, 3.8) is 0 Å². The molecule has 1 heterocycles. The van der Waals surface area contributed by atoms with Crippen LogP contribution in [0.15, 0.2) is 52.7 Å². The molecule has 2 aromatic rings. The minimum atomic E-state index is -0.677. The molecule has 0 spiro atoms. The van der Waals surface area contributed by atoms with Crippen molar-refractivity contribution in [1.82, 2.24) is 5.32 Å². The Morgan fingerprint density at radius 2 is 1.97 bits per heavy atom. The molecule has 0 radical (unpaired) electrons. The van der Waals surface area contributed by atoms with Crippen LogP contribution in [-0.4, -0.2) is 35.1 Å². The van der Waals surface area contributed by atoms with Gasteiger partial charge in [0.2, 0.25) is 11.8 Å². The van der Waals surface area contributed by atoms with E-state index in [0.717, 1.165) is 23.1 Å². The zero-order valence-electron chi connectivity index (χ0n) is 16.1. The highest BCUT2D eigenvalue weighted by atomic mass is 35.5. The zero-order chi connectivity index (χ0) is 21.7. The number of anilines is 1. The fourth-order valence-corrected chi connectivity index (χ4v) is 3.82. The molecule has 2 amide bonds. The minimum Gasteiger partial charge on any atom is -0.497 e. The maximum atomic E-state index is 12.6. The normalized spacial score (nSPS) is 18.1. The number of methoxy groups -OCH3 is 1. The van der Waals surface area contributed by atoms with E-state index in [-0.39, 0.29) is 23.4 Å². The third-order valence-electron chi connectivity index (χ3n) is 4.15. The number of ether oxygens (including phenoxy) is 1. The Bertz CT molecular complexity index is 1030. The summed E-state index contributed by atoms with van der Waals surface area (Å²) in [6, 6.07) is 12.1. The number of hydrogen-bond donors (Lipinski definition) is 2. The van der Waals surface area contributed by atoms with Crippen LogP contribution in [0, 0.1) is 0 Å². The van der Waals surface area contributed by atoms with Crippen LogP contribution in [0.1, 0.15) is 18.9 Å². The Morgan fingerprint density at radius 3 is 2.67 bits per heavy atom. The highest BCUT2D eigenvalue weighted by Crippen LogP contribution is 2.28. The van der Waals surface area contributed by atoms with Crippen LogP contribution < -0.4 is 15.4 Å². The lowest BCUT2D eigenvalue weighted by Gasteiger charge is -2.21. The molecular formula is C20H18Cl2N4O3S. The fourth-order valence-electron chi connectivity index (χ4n) is 2.56. The first-order valence-electron chi connectivity index (χ1n) is 8.85. The van der Waals surface area contributed by atoms with E-state index in [4.69, 9.17) is 27.9 Å². The summed E-state index contributed by atoms with van der Waals surface area (Å²) in [5, 5.41) is 14.0. The maximum absolute atomic E-state index is 12.6. The predicted molar refractivity (Wildman–Crippen MR) is 122 cm³/mol. The molecule has 30 heavy (non-hydrogen) atoms. The van der Waals surface area contributed by atoms with Gasteiger partial charge >= 0.3 is 0 Å². The number of rotatable bonds is 5. The summed E-state index contributed by atoms with van der Waals surface area (Å²) in [4.78, 5) is 24.7. The molecule has 156 valence electrons. The number of thioether (sulfide) groups is 1. The second kappa shape index (κ2) is 9.97. The molecule has 1 aliphatic heterocycles. The maximum Gasteiger partial charge on any atom is 0.238 e. The molecular weight excluding hydrogens is 447 g/mol. The fraction of sp³-hybridized carbons (Fsp3) is 0.200. The Hall–Kier alpha value is -2.55. The number of amides is 2. The molecule has 1 aliphatic rings. The van der Waals surface area contributed by atoms with Crippen LogP contribution in [0.2, 0.25) is 10.0 Å². The number of nitrogens with one attached hydrogen (secondary N) is 2. The van der Waals surface area contributed by atoms with Crippen molar-refractivity contribution in [1.29, 1.82) is 0 Å². The van der Waals surface area contributed by atoms with E-state index >= 15 is 0 Å². The monoisotopic (exact) mass is 464 g/mol. The third kappa shape index (κ3) is 5.75. The van der Waals surface area contributed by atoms with Gasteiger partial charge in [-0.15, -0.1) is 5.10 Å². The molecule has 10 heteroatoms. The average molecular weight is 465 g/mol. The lowest BCUT2D eigenvalue weighted by Crippen LogP contribution is -2.41. The molecule has 3 rings (SSSR count). The van der Waals surface area contributed by atoms with Crippen molar-refractivity contribution in [2.24, 2.45) is 10.2 Å². The Labute approximate surface area is 187 Å². The van der Waals surface area contributed by atoms with Crippen molar-refractivity contribution >= 4 is 63.3 Å². The SMILES string of the molecule is COc1ccc(/C(C)=N\N=C2/NC(=O)C[C@@H](C(=O)Nc3cc(Cl)ccc3Cl)S2)cc1. The number of halogens is 2. The molecule has 1 saturated heterocycles. The number of carbonyl (C=O) groups excluding carboxylic acids is 2. The smallest absolute Gasteiger partial charge is 0.238 e. The first-order valence-corrected chi connectivity index (χ1v) is 10.5. The van der Waals surface area contributed by atoms with Crippen molar-refractivity contribution in [3.8, 4) is 5.75 Å². The molecule has 2 aromatic carbocycles. The van der Waals surface area contributed by atoms with Gasteiger partial charge in [-0.25, -0.2) is 0 Å². The molecule has 2 N–H and O–H groups in total. The summed E-state index contributed by atoms with van der Waals surface area (Å²) in [6.45, 7) is 1.80. The molecule has 0 unspecified atom stereocenters. The van der Waals surface area contributed by atoms with Crippen LogP contribution >= 0.6 is 35.0 Å². The van der Waals surface area contributed by atoms with E-state index in [0.29, 0.717) is 21.4 Å². The van der Waals surface area contributed by atoms with Gasteiger partial charge in [-0.3, -0.25) is 9.59 Å². The van der Waals surface area contributed by atoms with E-state index in [1.165, 1.54) is 0 Å². The summed E-state index contributed by atoms with van der Waals surface area (Å²) in [5.74, 6) is 0.0475. The minimum absolute atomic E-state index is 0.00881. The number of carbonyl (C=O) groups is 2. The number of amidine groups is 1. The summed E-state index contributed by atoms with van der Waals surface area (Å²) in [5.41, 5.74) is 1.89. The van der Waals surface area contributed by atoms with E-state index in [2.05, 4.69) is 20.8 Å². The topological polar surface area (TPSA) is 92.2 Å². The van der Waals surface area contributed by atoms with Gasteiger partial charge in [0, 0.05) is 11.4 Å². The van der Waals surface area contributed by atoms with E-state index in [9.17, 15) is 9.59 Å². The predicted octanol–water partition coefficient (Wildman–Crippen LogP) is 4.34. The Morgan fingerprint density at radius 1 is 1.23 bits per heavy atom. The van der Waals surface area contributed by atoms with Gasteiger partial charge in [0.15, 0.2) is 5.17 Å². The van der Waals surface area contributed by atoms with Crippen molar-refractivity contribution in [2.75, 3.05) is 12.4 Å². The molecule has 1 fully saturated rings. The molecule has 0 aliphatic carbocycles. The lowest BCUT2D eigenvalue weighted by molar-refractivity contribution is -0.123. The van der Waals surface area contributed by atoms with E-state index < -0.39 is 5.25 Å². The Kier molecular flexibility index (Phi) is 7.36. The second-order valence-corrected chi connectivity index (χ2v) is 8.33.